The van der Waals surface area contributed by atoms with Gasteiger partial charge in [0, 0.05) is 0 Å². The van der Waals surface area contributed by atoms with Crippen molar-refractivity contribution in [2.24, 2.45) is 0 Å². The largest absolute Gasteiger partial charge is 0.491 e. The molecule has 2 aromatic carbocycles. The highest BCUT2D eigenvalue weighted by atomic mass is 19.1. The van der Waals surface area contributed by atoms with Gasteiger partial charge in [0.25, 0.3) is 0 Å². The molecule has 1 atom stereocenters. The normalized spacial score (nSPS) is 11.8. The summed E-state index contributed by atoms with van der Waals surface area (Å²) in [6, 6.07) is 13.6. The van der Waals surface area contributed by atoms with Gasteiger partial charge in [-0.25, -0.2) is 4.39 Å². The molecule has 1 amide bonds. The Kier molecular flexibility index (Phi) is 5.53. The summed E-state index contributed by atoms with van der Waals surface area (Å²) >= 11 is 0. The summed E-state index contributed by atoms with van der Waals surface area (Å²) in [5, 5.41) is 2.88. The minimum Gasteiger partial charge on any atom is -0.491 e. The number of para-hydroxylation sites is 1. The Bertz CT molecular complexity index is 625. The maximum atomic E-state index is 12.8. The quantitative estimate of drug-likeness (QED) is 0.889. The summed E-state index contributed by atoms with van der Waals surface area (Å²) in [6.45, 7) is 4.27. The molecule has 0 aromatic heterocycles. The van der Waals surface area contributed by atoms with Crippen LogP contribution >= 0.6 is 0 Å². The average Bonchev–Trinajstić information content (AvgIpc) is 2.49. The van der Waals surface area contributed by atoms with Crippen molar-refractivity contribution >= 4 is 5.91 Å². The summed E-state index contributed by atoms with van der Waals surface area (Å²) in [4.78, 5) is 11.9. The van der Waals surface area contributed by atoms with E-state index in [9.17, 15) is 9.18 Å². The fourth-order valence-electron chi connectivity index (χ4n) is 2.09. The molecule has 0 aliphatic rings. The summed E-state index contributed by atoms with van der Waals surface area (Å²) in [7, 11) is 0. The third-order valence-corrected chi connectivity index (χ3v) is 3.27. The number of hydrogen-bond donors (Lipinski definition) is 1. The molecule has 0 heterocycles. The predicted octanol–water partition coefficient (Wildman–Crippen LogP) is 3.26. The van der Waals surface area contributed by atoms with Gasteiger partial charge in [0.15, 0.2) is 0 Å². The van der Waals surface area contributed by atoms with E-state index in [1.165, 1.54) is 12.1 Å². The van der Waals surface area contributed by atoms with Crippen molar-refractivity contribution in [2.75, 3.05) is 6.61 Å². The summed E-state index contributed by atoms with van der Waals surface area (Å²) < 4.78 is 18.5. The molecule has 3 nitrogen and oxygen atoms in total. The Labute approximate surface area is 130 Å². The minimum atomic E-state index is -0.302. The summed E-state index contributed by atoms with van der Waals surface area (Å²) in [5.74, 6) is 0.416. The fourth-order valence-corrected chi connectivity index (χ4v) is 2.09. The van der Waals surface area contributed by atoms with Gasteiger partial charge in [0.1, 0.15) is 18.2 Å². The van der Waals surface area contributed by atoms with E-state index in [0.29, 0.717) is 6.61 Å². The van der Waals surface area contributed by atoms with Gasteiger partial charge in [-0.3, -0.25) is 4.79 Å². The SMILES string of the molecule is Cc1ccccc1OCC(C)NC(=O)Cc1ccc(F)cc1. The van der Waals surface area contributed by atoms with Gasteiger partial charge in [-0.2, -0.15) is 0 Å². The first-order valence-electron chi connectivity index (χ1n) is 7.27. The van der Waals surface area contributed by atoms with E-state index >= 15 is 0 Å². The molecule has 0 saturated carbocycles. The third-order valence-electron chi connectivity index (χ3n) is 3.27. The molecule has 2 aromatic rings. The molecular weight excluding hydrogens is 281 g/mol. The lowest BCUT2D eigenvalue weighted by Crippen LogP contribution is -2.37. The van der Waals surface area contributed by atoms with Crippen molar-refractivity contribution in [3.63, 3.8) is 0 Å². The molecule has 1 unspecified atom stereocenters. The van der Waals surface area contributed by atoms with Crippen LogP contribution in [-0.4, -0.2) is 18.6 Å². The monoisotopic (exact) mass is 301 g/mol. The van der Waals surface area contributed by atoms with Crippen molar-refractivity contribution < 1.29 is 13.9 Å². The highest BCUT2D eigenvalue weighted by molar-refractivity contribution is 5.78. The Morgan fingerprint density at radius 2 is 1.86 bits per heavy atom. The van der Waals surface area contributed by atoms with Crippen LogP contribution in [0.2, 0.25) is 0 Å². The van der Waals surface area contributed by atoms with E-state index in [1.54, 1.807) is 12.1 Å². The molecule has 116 valence electrons. The van der Waals surface area contributed by atoms with Crippen LogP contribution in [0.1, 0.15) is 18.1 Å². The first-order chi connectivity index (χ1) is 10.5. The molecule has 0 spiro atoms. The summed E-state index contributed by atoms with van der Waals surface area (Å²) in [6.07, 6.45) is 0.231. The lowest BCUT2D eigenvalue weighted by Gasteiger charge is -2.16. The second kappa shape index (κ2) is 7.59. The van der Waals surface area contributed by atoms with Crippen LogP contribution in [0.5, 0.6) is 5.75 Å². The number of halogens is 1. The molecule has 4 heteroatoms. The van der Waals surface area contributed by atoms with Crippen LogP contribution in [0.3, 0.4) is 0 Å². The van der Waals surface area contributed by atoms with Crippen molar-refractivity contribution in [3.8, 4) is 5.75 Å². The van der Waals surface area contributed by atoms with Gasteiger partial charge in [-0.1, -0.05) is 30.3 Å². The van der Waals surface area contributed by atoms with E-state index in [4.69, 9.17) is 4.74 Å². The zero-order valence-corrected chi connectivity index (χ0v) is 12.8. The second-order valence-corrected chi connectivity index (χ2v) is 5.35. The number of hydrogen-bond acceptors (Lipinski definition) is 2. The number of ether oxygens (including phenoxy) is 1. The first-order valence-corrected chi connectivity index (χ1v) is 7.27. The van der Waals surface area contributed by atoms with Gasteiger partial charge in [-0.05, 0) is 43.2 Å². The number of rotatable bonds is 6. The highest BCUT2D eigenvalue weighted by Gasteiger charge is 2.09. The first kappa shape index (κ1) is 16.0. The van der Waals surface area contributed by atoms with E-state index in [-0.39, 0.29) is 24.2 Å². The maximum absolute atomic E-state index is 12.8. The zero-order valence-electron chi connectivity index (χ0n) is 12.8. The van der Waals surface area contributed by atoms with E-state index in [0.717, 1.165) is 16.9 Å². The van der Waals surface area contributed by atoms with Gasteiger partial charge in [0.05, 0.1) is 12.5 Å². The Morgan fingerprint density at radius 1 is 1.18 bits per heavy atom. The lowest BCUT2D eigenvalue weighted by molar-refractivity contribution is -0.121. The molecule has 0 saturated heterocycles. The number of aryl methyl sites for hydroxylation is 1. The number of carbonyl (C=O) groups is 1. The molecule has 22 heavy (non-hydrogen) atoms. The Balaban J connectivity index is 1.79. The van der Waals surface area contributed by atoms with Crippen LogP contribution in [0.15, 0.2) is 48.5 Å². The summed E-state index contributed by atoms with van der Waals surface area (Å²) in [5.41, 5.74) is 1.85. The van der Waals surface area contributed by atoms with E-state index in [1.807, 2.05) is 38.1 Å². The van der Waals surface area contributed by atoms with E-state index in [2.05, 4.69) is 5.32 Å². The van der Waals surface area contributed by atoms with Crippen LogP contribution in [-0.2, 0) is 11.2 Å². The smallest absolute Gasteiger partial charge is 0.224 e. The zero-order chi connectivity index (χ0) is 15.9. The minimum absolute atomic E-state index is 0.104. The number of benzene rings is 2. The van der Waals surface area contributed by atoms with Gasteiger partial charge < -0.3 is 10.1 Å². The molecule has 0 radical (unpaired) electrons. The molecule has 2 rings (SSSR count). The molecule has 0 aliphatic heterocycles. The van der Waals surface area contributed by atoms with Crippen molar-refractivity contribution in [1.29, 1.82) is 0 Å². The van der Waals surface area contributed by atoms with Gasteiger partial charge in [-0.15, -0.1) is 0 Å². The van der Waals surface area contributed by atoms with E-state index < -0.39 is 0 Å². The molecular formula is C18H20FNO2. The number of amides is 1. The lowest BCUT2D eigenvalue weighted by atomic mass is 10.1. The van der Waals surface area contributed by atoms with Crippen LogP contribution in [0.4, 0.5) is 4.39 Å². The maximum Gasteiger partial charge on any atom is 0.224 e. The van der Waals surface area contributed by atoms with Crippen LogP contribution in [0.25, 0.3) is 0 Å². The van der Waals surface area contributed by atoms with Gasteiger partial charge in [0.2, 0.25) is 5.91 Å². The fraction of sp³-hybridized carbons (Fsp3) is 0.278. The average molecular weight is 301 g/mol. The van der Waals surface area contributed by atoms with Crippen LogP contribution in [0, 0.1) is 12.7 Å². The predicted molar refractivity (Wildman–Crippen MR) is 84.4 cm³/mol. The third kappa shape index (κ3) is 4.88. The standard InChI is InChI=1S/C18H20FNO2/c1-13-5-3-4-6-17(13)22-12-14(2)20-18(21)11-15-7-9-16(19)10-8-15/h3-10,14H,11-12H2,1-2H3,(H,20,21). The van der Waals surface area contributed by atoms with Crippen molar-refractivity contribution in [2.45, 2.75) is 26.3 Å². The number of nitrogens with one attached hydrogen (secondary N) is 1. The molecule has 0 fully saturated rings. The van der Waals surface area contributed by atoms with Crippen molar-refractivity contribution in [1.82, 2.24) is 5.32 Å². The molecule has 0 bridgehead atoms. The topological polar surface area (TPSA) is 38.3 Å². The Morgan fingerprint density at radius 3 is 2.55 bits per heavy atom. The second-order valence-electron chi connectivity index (χ2n) is 5.35. The van der Waals surface area contributed by atoms with Crippen LogP contribution < -0.4 is 10.1 Å². The highest BCUT2D eigenvalue weighted by Crippen LogP contribution is 2.16. The van der Waals surface area contributed by atoms with Gasteiger partial charge >= 0.3 is 0 Å². The number of carbonyl (C=O) groups excluding carboxylic acids is 1. The van der Waals surface area contributed by atoms with Crippen molar-refractivity contribution in [3.05, 3.63) is 65.5 Å². The molecule has 1 N–H and O–H groups in total. The Hall–Kier alpha value is -2.36. The molecule has 0 aliphatic carbocycles.